The van der Waals surface area contributed by atoms with Crippen LogP contribution in [0.25, 0.3) is 10.9 Å². The number of ether oxygens (including phenoxy) is 3. The zero-order valence-corrected chi connectivity index (χ0v) is 18.3. The number of anilines is 1. The molecular weight excluding hydrogens is 410 g/mol. The van der Waals surface area contributed by atoms with Gasteiger partial charge in [-0.25, -0.2) is 4.90 Å². The average Bonchev–Trinajstić information content (AvgIpc) is 3.33. The topological polar surface area (TPSA) is 84.1 Å². The average molecular weight is 435 g/mol. The Kier molecular flexibility index (Phi) is 5.01. The lowest BCUT2D eigenvalue weighted by Crippen LogP contribution is -2.44. The number of aromatic nitrogens is 1. The lowest BCUT2D eigenvalue weighted by molar-refractivity contribution is -0.123. The number of H-pyrrole nitrogens is 1. The molecule has 2 amide bonds. The van der Waals surface area contributed by atoms with E-state index in [1.807, 2.05) is 18.2 Å². The Balaban J connectivity index is 1.43. The van der Waals surface area contributed by atoms with E-state index in [1.54, 1.807) is 32.4 Å². The molecule has 5 rings (SSSR count). The van der Waals surface area contributed by atoms with E-state index in [0.717, 1.165) is 28.8 Å². The molecule has 1 atom stereocenters. The van der Waals surface area contributed by atoms with Gasteiger partial charge in [-0.1, -0.05) is 0 Å². The maximum atomic E-state index is 13.4. The van der Waals surface area contributed by atoms with Crippen LogP contribution in [0.4, 0.5) is 5.69 Å². The van der Waals surface area contributed by atoms with Gasteiger partial charge in [0, 0.05) is 35.8 Å². The Bertz CT molecular complexity index is 1220. The quantitative estimate of drug-likeness (QED) is 0.621. The molecule has 0 radical (unpaired) electrons. The van der Waals surface area contributed by atoms with Crippen molar-refractivity contribution in [3.63, 3.8) is 0 Å². The minimum Gasteiger partial charge on any atom is -0.497 e. The molecule has 2 aromatic carbocycles. The minimum atomic E-state index is -0.507. The first-order chi connectivity index (χ1) is 15.5. The number of rotatable bonds is 5. The molecule has 0 spiro atoms. The first kappa shape index (κ1) is 20.4. The Morgan fingerprint density at radius 1 is 0.969 bits per heavy atom. The number of nitrogens with one attached hydrogen (secondary N) is 1. The van der Waals surface area contributed by atoms with Gasteiger partial charge in [-0.05, 0) is 42.3 Å². The van der Waals surface area contributed by atoms with Crippen molar-refractivity contribution >= 4 is 28.4 Å². The molecule has 8 heteroatoms. The number of hydrogen-bond donors (Lipinski definition) is 1. The molecule has 0 aliphatic carbocycles. The first-order valence-corrected chi connectivity index (χ1v) is 10.5. The third-order valence-electron chi connectivity index (χ3n) is 6.40. The highest BCUT2D eigenvalue weighted by Crippen LogP contribution is 2.38. The number of carbonyl (C=O) groups is 2. The van der Waals surface area contributed by atoms with Crippen molar-refractivity contribution < 1.29 is 23.8 Å². The monoisotopic (exact) mass is 435 g/mol. The number of amides is 2. The number of hydrogen-bond acceptors (Lipinski definition) is 6. The van der Waals surface area contributed by atoms with Crippen molar-refractivity contribution in [2.45, 2.75) is 25.4 Å². The van der Waals surface area contributed by atoms with E-state index in [9.17, 15) is 9.59 Å². The van der Waals surface area contributed by atoms with Crippen molar-refractivity contribution in [3.8, 4) is 17.2 Å². The largest absolute Gasteiger partial charge is 0.497 e. The molecule has 166 valence electrons. The first-order valence-electron chi connectivity index (χ1n) is 10.5. The van der Waals surface area contributed by atoms with Crippen molar-refractivity contribution in [3.05, 3.63) is 47.7 Å². The fraction of sp³-hybridized carbons (Fsp3) is 0.333. The van der Waals surface area contributed by atoms with Gasteiger partial charge in [0.25, 0.3) is 5.91 Å². The van der Waals surface area contributed by atoms with Crippen LogP contribution < -0.4 is 19.1 Å². The highest BCUT2D eigenvalue weighted by molar-refractivity contribution is 6.23. The molecule has 8 nitrogen and oxygen atoms in total. The van der Waals surface area contributed by atoms with E-state index in [-0.39, 0.29) is 18.2 Å². The second-order valence-electron chi connectivity index (χ2n) is 8.04. The predicted octanol–water partition coefficient (Wildman–Crippen LogP) is 2.88. The highest BCUT2D eigenvalue weighted by Gasteiger charge is 2.44. The summed E-state index contributed by atoms with van der Waals surface area (Å²) < 4.78 is 16.1. The molecule has 32 heavy (non-hydrogen) atoms. The predicted molar refractivity (Wildman–Crippen MR) is 119 cm³/mol. The van der Waals surface area contributed by atoms with Gasteiger partial charge in [0.1, 0.15) is 17.2 Å². The lowest BCUT2D eigenvalue weighted by atomic mass is 10.0. The van der Waals surface area contributed by atoms with Gasteiger partial charge in [0.15, 0.2) is 0 Å². The molecule has 1 saturated heterocycles. The summed E-state index contributed by atoms with van der Waals surface area (Å²) in [5.74, 6) is 1.36. The van der Waals surface area contributed by atoms with Gasteiger partial charge in [0.05, 0.1) is 39.5 Å². The summed E-state index contributed by atoms with van der Waals surface area (Å²) in [6, 6.07) is 10.6. The van der Waals surface area contributed by atoms with Crippen LogP contribution in [0.2, 0.25) is 0 Å². The molecule has 1 aromatic heterocycles. The fourth-order valence-electron chi connectivity index (χ4n) is 4.76. The Morgan fingerprint density at radius 2 is 1.72 bits per heavy atom. The van der Waals surface area contributed by atoms with E-state index in [2.05, 4.69) is 9.88 Å². The SMILES string of the molecule is COc1ccc(OC)c(N2C(=O)C[C@H](N3CCc4c([nH]c5ccc(OC)cc45)C3)C2=O)c1. The second kappa shape index (κ2) is 7.87. The van der Waals surface area contributed by atoms with Crippen LogP contribution in [0.3, 0.4) is 0 Å². The van der Waals surface area contributed by atoms with Crippen LogP contribution in [-0.2, 0) is 22.6 Å². The van der Waals surface area contributed by atoms with Crippen molar-refractivity contribution in [1.82, 2.24) is 9.88 Å². The third-order valence-corrected chi connectivity index (χ3v) is 6.40. The minimum absolute atomic E-state index is 0.141. The summed E-state index contributed by atoms with van der Waals surface area (Å²) in [5, 5.41) is 1.15. The highest BCUT2D eigenvalue weighted by atomic mass is 16.5. The number of imide groups is 1. The lowest BCUT2D eigenvalue weighted by Gasteiger charge is -2.31. The van der Waals surface area contributed by atoms with Crippen LogP contribution in [0.1, 0.15) is 17.7 Å². The summed E-state index contributed by atoms with van der Waals surface area (Å²) in [4.78, 5) is 33.1. The van der Waals surface area contributed by atoms with E-state index in [1.165, 1.54) is 17.6 Å². The van der Waals surface area contributed by atoms with Crippen molar-refractivity contribution in [2.24, 2.45) is 0 Å². The molecule has 0 bridgehead atoms. The molecule has 1 N–H and O–H groups in total. The molecule has 0 unspecified atom stereocenters. The van der Waals surface area contributed by atoms with Gasteiger partial charge < -0.3 is 19.2 Å². The maximum absolute atomic E-state index is 13.4. The number of nitrogens with zero attached hydrogens (tertiary/aromatic N) is 2. The maximum Gasteiger partial charge on any atom is 0.251 e. The van der Waals surface area contributed by atoms with Gasteiger partial charge in [-0.3, -0.25) is 14.5 Å². The normalized spacial score (nSPS) is 18.8. The van der Waals surface area contributed by atoms with Crippen molar-refractivity contribution in [1.29, 1.82) is 0 Å². The number of fused-ring (bicyclic) bond motifs is 3. The van der Waals surface area contributed by atoms with E-state index in [4.69, 9.17) is 14.2 Å². The van der Waals surface area contributed by atoms with Crippen LogP contribution in [0, 0.1) is 0 Å². The number of benzene rings is 2. The fourth-order valence-corrected chi connectivity index (χ4v) is 4.76. The molecule has 0 saturated carbocycles. The summed E-state index contributed by atoms with van der Waals surface area (Å²) in [7, 11) is 4.72. The summed E-state index contributed by atoms with van der Waals surface area (Å²) in [6.07, 6.45) is 0.936. The molecule has 3 heterocycles. The van der Waals surface area contributed by atoms with Crippen molar-refractivity contribution in [2.75, 3.05) is 32.8 Å². The zero-order valence-electron chi connectivity index (χ0n) is 18.3. The zero-order chi connectivity index (χ0) is 22.4. The summed E-state index contributed by atoms with van der Waals surface area (Å²) in [5.41, 5.74) is 3.80. The molecule has 2 aliphatic heterocycles. The number of carbonyl (C=O) groups excluding carboxylic acids is 2. The van der Waals surface area contributed by atoms with Gasteiger partial charge in [-0.2, -0.15) is 0 Å². The Hall–Kier alpha value is -3.52. The molecule has 2 aliphatic rings. The summed E-state index contributed by atoms with van der Waals surface area (Å²) in [6.45, 7) is 1.28. The van der Waals surface area contributed by atoms with Crippen LogP contribution in [0.15, 0.2) is 36.4 Å². The summed E-state index contributed by atoms with van der Waals surface area (Å²) >= 11 is 0. The van der Waals surface area contributed by atoms with Gasteiger partial charge >= 0.3 is 0 Å². The van der Waals surface area contributed by atoms with E-state index < -0.39 is 6.04 Å². The standard InChI is InChI=1S/C24H25N3O5/c1-30-14-4-6-18-17(10-14)16-8-9-26(13-19(16)25-18)21-12-23(28)27(24(21)29)20-11-15(31-2)5-7-22(20)32-3/h4-7,10-11,21,25H,8-9,12-13H2,1-3H3/t21-/m0/s1. The Labute approximate surface area is 185 Å². The van der Waals surface area contributed by atoms with Gasteiger partial charge in [-0.15, -0.1) is 0 Å². The van der Waals surface area contributed by atoms with Crippen LogP contribution in [0.5, 0.6) is 17.2 Å². The number of methoxy groups -OCH3 is 3. The number of aromatic amines is 1. The van der Waals surface area contributed by atoms with Crippen LogP contribution in [-0.4, -0.2) is 55.6 Å². The van der Waals surface area contributed by atoms with Gasteiger partial charge in [0.2, 0.25) is 5.91 Å². The Morgan fingerprint density at radius 3 is 2.47 bits per heavy atom. The van der Waals surface area contributed by atoms with E-state index in [0.29, 0.717) is 30.3 Å². The molecule has 1 fully saturated rings. The molecule has 3 aromatic rings. The smallest absolute Gasteiger partial charge is 0.251 e. The van der Waals surface area contributed by atoms with E-state index >= 15 is 0 Å². The molecular formula is C24H25N3O5. The van der Waals surface area contributed by atoms with Crippen LogP contribution >= 0.6 is 0 Å². The third kappa shape index (κ3) is 3.18. The second-order valence-corrected chi connectivity index (χ2v) is 8.04.